The fourth-order valence-corrected chi connectivity index (χ4v) is 4.18. The van der Waals surface area contributed by atoms with Gasteiger partial charge in [-0.25, -0.2) is 0 Å². The number of carbonyl (C=O) groups excluding carboxylic acids is 2. The second kappa shape index (κ2) is 6.55. The molecule has 1 aromatic rings. The molecule has 0 aromatic heterocycles. The van der Waals surface area contributed by atoms with Gasteiger partial charge in [0.15, 0.2) is 0 Å². The van der Waals surface area contributed by atoms with Crippen molar-refractivity contribution in [1.29, 1.82) is 0 Å². The van der Waals surface area contributed by atoms with E-state index in [1.807, 2.05) is 30.3 Å². The molecule has 3 unspecified atom stereocenters. The minimum absolute atomic E-state index is 0.0534. The smallest absolute Gasteiger partial charge is 0.247 e. The Morgan fingerprint density at radius 1 is 1.21 bits per heavy atom. The van der Waals surface area contributed by atoms with Crippen molar-refractivity contribution in [2.45, 2.75) is 25.3 Å². The maximum Gasteiger partial charge on any atom is 0.247 e. The van der Waals surface area contributed by atoms with Gasteiger partial charge in [0.05, 0.1) is 13.2 Å². The van der Waals surface area contributed by atoms with E-state index in [0.717, 1.165) is 31.6 Å². The van der Waals surface area contributed by atoms with Crippen LogP contribution in [-0.2, 0) is 14.3 Å². The van der Waals surface area contributed by atoms with Crippen LogP contribution in [0.5, 0.6) is 0 Å². The molecule has 5 nitrogen and oxygen atoms in total. The molecule has 2 amide bonds. The molecule has 0 spiro atoms. The van der Waals surface area contributed by atoms with Crippen LogP contribution in [0.15, 0.2) is 30.3 Å². The van der Waals surface area contributed by atoms with E-state index in [-0.39, 0.29) is 11.8 Å². The van der Waals surface area contributed by atoms with E-state index in [1.54, 1.807) is 4.90 Å². The van der Waals surface area contributed by atoms with Gasteiger partial charge >= 0.3 is 0 Å². The first kappa shape index (κ1) is 15.6. The van der Waals surface area contributed by atoms with Crippen molar-refractivity contribution in [3.63, 3.8) is 0 Å². The van der Waals surface area contributed by atoms with Crippen LogP contribution in [0.4, 0.5) is 0 Å². The zero-order chi connectivity index (χ0) is 16.5. The number of likely N-dealkylation sites (tertiary alicyclic amines) is 1. The van der Waals surface area contributed by atoms with Crippen molar-refractivity contribution in [3.05, 3.63) is 35.9 Å². The van der Waals surface area contributed by atoms with E-state index in [2.05, 4.69) is 5.32 Å². The summed E-state index contributed by atoms with van der Waals surface area (Å²) in [5, 5.41) is 3.10. The Morgan fingerprint density at radius 3 is 2.67 bits per heavy atom. The van der Waals surface area contributed by atoms with E-state index in [1.165, 1.54) is 0 Å². The number of nitrogens with one attached hydrogen (secondary N) is 1. The Labute approximate surface area is 142 Å². The van der Waals surface area contributed by atoms with Gasteiger partial charge in [-0.1, -0.05) is 30.3 Å². The van der Waals surface area contributed by atoms with Crippen molar-refractivity contribution in [3.8, 4) is 0 Å². The van der Waals surface area contributed by atoms with Gasteiger partial charge in [-0.05, 0) is 36.2 Å². The summed E-state index contributed by atoms with van der Waals surface area (Å²) >= 11 is 0. The number of amides is 2. The maximum atomic E-state index is 12.9. The molecule has 3 atom stereocenters. The van der Waals surface area contributed by atoms with Gasteiger partial charge in [-0.2, -0.15) is 0 Å². The number of hydrogen-bond acceptors (Lipinski definition) is 3. The van der Waals surface area contributed by atoms with Crippen LogP contribution in [0.25, 0.3) is 0 Å². The molecule has 2 aliphatic heterocycles. The second-order valence-corrected chi connectivity index (χ2v) is 7.13. The van der Waals surface area contributed by atoms with Crippen LogP contribution in [-0.4, -0.2) is 43.0 Å². The number of rotatable bonds is 5. The SMILES string of the molecule is O=C(NCC1C2COCC12)C(c1ccccc1)N1CCCCC1=O. The molecule has 3 fully saturated rings. The lowest BCUT2D eigenvalue weighted by atomic mass is 10.0. The zero-order valence-corrected chi connectivity index (χ0v) is 13.8. The van der Waals surface area contributed by atoms with Crippen molar-refractivity contribution < 1.29 is 14.3 Å². The molecule has 2 heterocycles. The highest BCUT2D eigenvalue weighted by Gasteiger charge is 2.53. The molecule has 5 heteroatoms. The first-order valence-corrected chi connectivity index (χ1v) is 8.95. The second-order valence-electron chi connectivity index (χ2n) is 7.13. The molecular formula is C19H24N2O3. The van der Waals surface area contributed by atoms with E-state index >= 15 is 0 Å². The molecule has 128 valence electrons. The Kier molecular flexibility index (Phi) is 4.27. The third-order valence-corrected chi connectivity index (χ3v) is 5.68. The van der Waals surface area contributed by atoms with E-state index < -0.39 is 6.04 Å². The number of hydrogen-bond donors (Lipinski definition) is 1. The van der Waals surface area contributed by atoms with E-state index in [0.29, 0.717) is 37.3 Å². The maximum absolute atomic E-state index is 12.9. The Balaban J connectivity index is 1.47. The fraction of sp³-hybridized carbons (Fsp3) is 0.579. The Morgan fingerprint density at radius 2 is 1.96 bits per heavy atom. The van der Waals surface area contributed by atoms with Crippen LogP contribution in [0.3, 0.4) is 0 Å². The fourth-order valence-electron chi connectivity index (χ4n) is 4.18. The van der Waals surface area contributed by atoms with Crippen molar-refractivity contribution in [2.24, 2.45) is 17.8 Å². The highest BCUT2D eigenvalue weighted by molar-refractivity contribution is 5.89. The van der Waals surface area contributed by atoms with Gasteiger partial charge in [-0.15, -0.1) is 0 Å². The standard InChI is InChI=1S/C19H24N2O3/c22-17-8-4-5-9-21(17)18(13-6-2-1-3-7-13)19(23)20-10-14-15-11-24-12-16(14)15/h1-3,6-7,14-16,18H,4-5,8-12H2,(H,20,23). The molecule has 0 radical (unpaired) electrons. The quantitative estimate of drug-likeness (QED) is 0.896. The number of fused-ring (bicyclic) bond motifs is 1. The lowest BCUT2D eigenvalue weighted by molar-refractivity contribution is -0.142. The summed E-state index contributed by atoms with van der Waals surface area (Å²) in [5.41, 5.74) is 0.893. The summed E-state index contributed by atoms with van der Waals surface area (Å²) in [6.07, 6.45) is 2.43. The first-order chi connectivity index (χ1) is 11.8. The number of piperidine rings is 1. The van der Waals surface area contributed by atoms with Gasteiger partial charge in [-0.3, -0.25) is 9.59 Å². The molecule has 1 aliphatic carbocycles. The molecule has 3 aliphatic rings. The van der Waals surface area contributed by atoms with Crippen LogP contribution in [0.1, 0.15) is 30.9 Å². The van der Waals surface area contributed by atoms with Crippen LogP contribution in [0, 0.1) is 17.8 Å². The predicted molar refractivity (Wildman–Crippen MR) is 89.0 cm³/mol. The van der Waals surface area contributed by atoms with Crippen LogP contribution < -0.4 is 5.32 Å². The minimum Gasteiger partial charge on any atom is -0.381 e. The molecule has 1 saturated carbocycles. The van der Waals surface area contributed by atoms with Gasteiger partial charge in [0.1, 0.15) is 6.04 Å². The van der Waals surface area contributed by atoms with Gasteiger partial charge < -0.3 is 15.0 Å². The number of benzene rings is 1. The Hall–Kier alpha value is -1.88. The molecular weight excluding hydrogens is 304 g/mol. The number of ether oxygens (including phenoxy) is 1. The molecule has 2 saturated heterocycles. The third kappa shape index (κ3) is 2.93. The number of carbonyl (C=O) groups is 2. The number of nitrogens with zero attached hydrogens (tertiary/aromatic N) is 1. The van der Waals surface area contributed by atoms with Gasteiger partial charge in [0.2, 0.25) is 11.8 Å². The zero-order valence-electron chi connectivity index (χ0n) is 13.8. The lowest BCUT2D eigenvalue weighted by Gasteiger charge is -2.34. The molecule has 0 bridgehead atoms. The predicted octanol–water partition coefficient (Wildman–Crippen LogP) is 1.75. The minimum atomic E-state index is -0.506. The van der Waals surface area contributed by atoms with Crippen LogP contribution >= 0.6 is 0 Å². The molecule has 4 rings (SSSR count). The lowest BCUT2D eigenvalue weighted by Crippen LogP contribution is -2.46. The highest BCUT2D eigenvalue weighted by atomic mass is 16.5. The summed E-state index contributed by atoms with van der Waals surface area (Å²) < 4.78 is 5.40. The molecule has 1 N–H and O–H groups in total. The molecule has 1 aromatic carbocycles. The van der Waals surface area contributed by atoms with Crippen LogP contribution in [0.2, 0.25) is 0 Å². The van der Waals surface area contributed by atoms with E-state index in [4.69, 9.17) is 4.74 Å². The van der Waals surface area contributed by atoms with Crippen molar-refractivity contribution in [1.82, 2.24) is 10.2 Å². The monoisotopic (exact) mass is 328 g/mol. The van der Waals surface area contributed by atoms with E-state index in [9.17, 15) is 9.59 Å². The average Bonchev–Trinajstić information content (AvgIpc) is 3.03. The topological polar surface area (TPSA) is 58.6 Å². The summed E-state index contributed by atoms with van der Waals surface area (Å²) in [7, 11) is 0. The summed E-state index contributed by atoms with van der Waals surface area (Å²) in [5.74, 6) is 1.83. The highest BCUT2D eigenvalue weighted by Crippen LogP contribution is 2.50. The molecule has 24 heavy (non-hydrogen) atoms. The van der Waals surface area contributed by atoms with Gasteiger partial charge in [0, 0.05) is 19.5 Å². The summed E-state index contributed by atoms with van der Waals surface area (Å²) in [6.45, 7) is 3.02. The first-order valence-electron chi connectivity index (χ1n) is 8.95. The summed E-state index contributed by atoms with van der Waals surface area (Å²) in [4.78, 5) is 27.0. The summed E-state index contributed by atoms with van der Waals surface area (Å²) in [6, 6.07) is 9.15. The van der Waals surface area contributed by atoms with Gasteiger partial charge in [0.25, 0.3) is 0 Å². The van der Waals surface area contributed by atoms with Crippen molar-refractivity contribution in [2.75, 3.05) is 26.3 Å². The average molecular weight is 328 g/mol. The van der Waals surface area contributed by atoms with Crippen molar-refractivity contribution >= 4 is 11.8 Å². The third-order valence-electron chi connectivity index (χ3n) is 5.68. The Bertz CT molecular complexity index is 608. The largest absolute Gasteiger partial charge is 0.381 e. The normalized spacial score (nSPS) is 29.9.